The number of amides is 1. The Balaban J connectivity index is 0.000000396. The molecule has 2 N–H and O–H groups in total. The van der Waals surface area contributed by atoms with Gasteiger partial charge in [-0.15, -0.1) is 0 Å². The van der Waals surface area contributed by atoms with E-state index < -0.39 is 12.1 Å². The van der Waals surface area contributed by atoms with Crippen molar-refractivity contribution in [3.05, 3.63) is 29.8 Å². The number of likely N-dealkylation sites (N-methyl/N-ethyl adjacent to an activating group) is 1. The number of piperidine rings is 1. The number of ether oxygens (including phenoxy) is 1. The second-order valence-corrected chi connectivity index (χ2v) is 7.29. The molecule has 2 aliphatic rings. The van der Waals surface area contributed by atoms with Gasteiger partial charge in [-0.2, -0.15) is 13.2 Å². The van der Waals surface area contributed by atoms with E-state index in [-0.39, 0.29) is 11.4 Å². The summed E-state index contributed by atoms with van der Waals surface area (Å²) in [6, 6.07) is 8.26. The maximum absolute atomic E-state index is 12.5. The van der Waals surface area contributed by atoms with Crippen LogP contribution in [0, 0.1) is 0 Å². The summed E-state index contributed by atoms with van der Waals surface area (Å²) in [7, 11) is 1.69. The van der Waals surface area contributed by atoms with Gasteiger partial charge in [0.05, 0.1) is 7.11 Å². The minimum Gasteiger partial charge on any atom is -0.497 e. The lowest BCUT2D eigenvalue weighted by Crippen LogP contribution is -2.67. The quantitative estimate of drug-likeness (QED) is 0.760. The number of hydrogen-bond acceptors (Lipinski definition) is 5. The standard InChI is InChI=1S/C18H27N3O2.C2HF3O2/c1-3-21-13-10-19-17(22)18(21)8-11-20(12-9-18)14-15-4-6-16(23-2)7-5-15;3-2(4,5)1(6)7/h4-7H,3,8-14H2,1-2H3,(H,19,22);(H,6,7). The highest BCUT2D eigenvalue weighted by molar-refractivity contribution is 5.87. The Morgan fingerprint density at radius 1 is 1.20 bits per heavy atom. The summed E-state index contributed by atoms with van der Waals surface area (Å²) < 4.78 is 36.9. The normalized spacial score (nSPS) is 19.6. The van der Waals surface area contributed by atoms with E-state index >= 15 is 0 Å². The molecule has 1 aromatic carbocycles. The van der Waals surface area contributed by atoms with Crippen LogP contribution in [-0.4, -0.2) is 78.3 Å². The lowest BCUT2D eigenvalue weighted by Gasteiger charge is -2.49. The van der Waals surface area contributed by atoms with E-state index in [4.69, 9.17) is 14.6 Å². The third kappa shape index (κ3) is 5.85. The van der Waals surface area contributed by atoms with Gasteiger partial charge in [0.15, 0.2) is 0 Å². The molecule has 3 rings (SSSR count). The Labute approximate surface area is 173 Å². The van der Waals surface area contributed by atoms with Gasteiger partial charge < -0.3 is 15.2 Å². The molecule has 0 bridgehead atoms. The van der Waals surface area contributed by atoms with Crippen LogP contribution in [0.4, 0.5) is 13.2 Å². The zero-order valence-electron chi connectivity index (χ0n) is 17.2. The first-order valence-corrected chi connectivity index (χ1v) is 9.81. The van der Waals surface area contributed by atoms with Gasteiger partial charge in [0.25, 0.3) is 0 Å². The number of piperazine rings is 1. The maximum Gasteiger partial charge on any atom is 0.490 e. The van der Waals surface area contributed by atoms with E-state index in [0.29, 0.717) is 0 Å². The molecule has 7 nitrogen and oxygen atoms in total. The maximum atomic E-state index is 12.5. The molecule has 10 heteroatoms. The highest BCUT2D eigenvalue weighted by atomic mass is 19.4. The lowest BCUT2D eigenvalue weighted by atomic mass is 9.83. The van der Waals surface area contributed by atoms with Gasteiger partial charge in [0, 0.05) is 32.7 Å². The number of nitrogens with zero attached hydrogens (tertiary/aromatic N) is 2. The first-order valence-electron chi connectivity index (χ1n) is 9.81. The topological polar surface area (TPSA) is 82.1 Å². The van der Waals surface area contributed by atoms with Crippen LogP contribution in [0.1, 0.15) is 25.3 Å². The van der Waals surface area contributed by atoms with E-state index in [1.807, 2.05) is 12.1 Å². The number of likely N-dealkylation sites (tertiary alicyclic amines) is 1. The second kappa shape index (κ2) is 10.1. The van der Waals surface area contributed by atoms with Crippen LogP contribution in [0.3, 0.4) is 0 Å². The summed E-state index contributed by atoms with van der Waals surface area (Å²) in [6.07, 6.45) is -3.24. The Kier molecular flexibility index (Phi) is 8.08. The van der Waals surface area contributed by atoms with E-state index in [0.717, 1.165) is 57.9 Å². The summed E-state index contributed by atoms with van der Waals surface area (Å²) in [5.74, 6) is -1.63. The molecule has 1 spiro atoms. The van der Waals surface area contributed by atoms with Crippen LogP contribution in [0.5, 0.6) is 5.75 Å². The van der Waals surface area contributed by atoms with Crippen molar-refractivity contribution >= 4 is 11.9 Å². The van der Waals surface area contributed by atoms with Crippen molar-refractivity contribution < 1.29 is 32.6 Å². The number of alkyl halides is 3. The fourth-order valence-electron chi connectivity index (χ4n) is 3.90. The largest absolute Gasteiger partial charge is 0.497 e. The fourth-order valence-corrected chi connectivity index (χ4v) is 3.90. The minimum atomic E-state index is -5.08. The molecule has 2 aliphatic heterocycles. The van der Waals surface area contributed by atoms with E-state index in [1.165, 1.54) is 5.56 Å². The number of methoxy groups -OCH3 is 1. The molecule has 2 fully saturated rings. The number of benzene rings is 1. The summed E-state index contributed by atoms with van der Waals surface area (Å²) in [4.78, 5) is 26.2. The highest BCUT2D eigenvalue weighted by Crippen LogP contribution is 2.31. The molecule has 0 saturated carbocycles. The van der Waals surface area contributed by atoms with E-state index in [2.05, 4.69) is 34.2 Å². The van der Waals surface area contributed by atoms with Crippen LogP contribution in [0.25, 0.3) is 0 Å². The zero-order valence-corrected chi connectivity index (χ0v) is 17.2. The highest BCUT2D eigenvalue weighted by Gasteiger charge is 2.47. The van der Waals surface area contributed by atoms with Gasteiger partial charge in [-0.05, 0) is 37.1 Å². The Bertz CT molecular complexity index is 717. The molecule has 0 aromatic heterocycles. The summed E-state index contributed by atoms with van der Waals surface area (Å²) >= 11 is 0. The number of nitrogens with one attached hydrogen (secondary N) is 1. The fraction of sp³-hybridized carbons (Fsp3) is 0.600. The number of carbonyl (C=O) groups is 2. The summed E-state index contributed by atoms with van der Waals surface area (Å²) in [5, 5.41) is 10.2. The molecule has 0 unspecified atom stereocenters. The van der Waals surface area contributed by atoms with Gasteiger partial charge >= 0.3 is 12.1 Å². The third-order valence-corrected chi connectivity index (χ3v) is 5.57. The van der Waals surface area contributed by atoms with Crippen molar-refractivity contribution in [3.63, 3.8) is 0 Å². The van der Waals surface area contributed by atoms with Gasteiger partial charge in [0.1, 0.15) is 11.3 Å². The number of carbonyl (C=O) groups excluding carboxylic acids is 1. The van der Waals surface area contributed by atoms with Crippen LogP contribution in [0.2, 0.25) is 0 Å². The van der Waals surface area contributed by atoms with Crippen molar-refractivity contribution in [2.75, 3.05) is 39.8 Å². The van der Waals surface area contributed by atoms with Crippen molar-refractivity contribution in [1.82, 2.24) is 15.1 Å². The molecule has 2 heterocycles. The molecule has 0 radical (unpaired) electrons. The summed E-state index contributed by atoms with van der Waals surface area (Å²) in [6.45, 7) is 7.74. The number of hydrogen-bond donors (Lipinski definition) is 2. The van der Waals surface area contributed by atoms with Crippen LogP contribution in [-0.2, 0) is 16.1 Å². The molecule has 1 aromatic rings. The first kappa shape index (κ1) is 23.9. The molecule has 2 saturated heterocycles. The summed E-state index contributed by atoms with van der Waals surface area (Å²) in [5.41, 5.74) is 1.02. The number of aliphatic carboxylic acids is 1. The number of carboxylic acid groups (broad SMARTS) is 1. The van der Waals surface area contributed by atoms with Gasteiger partial charge in [-0.25, -0.2) is 4.79 Å². The van der Waals surface area contributed by atoms with Gasteiger partial charge in [-0.1, -0.05) is 19.1 Å². The Hall–Kier alpha value is -2.33. The van der Waals surface area contributed by atoms with Gasteiger partial charge in [0.2, 0.25) is 5.91 Å². The zero-order chi connectivity index (χ0) is 22.4. The molecule has 30 heavy (non-hydrogen) atoms. The smallest absolute Gasteiger partial charge is 0.490 e. The monoisotopic (exact) mass is 431 g/mol. The van der Waals surface area contributed by atoms with E-state index in [1.54, 1.807) is 7.11 Å². The molecular weight excluding hydrogens is 403 g/mol. The molecule has 0 aliphatic carbocycles. The Morgan fingerprint density at radius 3 is 2.23 bits per heavy atom. The average Bonchev–Trinajstić information content (AvgIpc) is 2.72. The van der Waals surface area contributed by atoms with Crippen molar-refractivity contribution in [1.29, 1.82) is 0 Å². The van der Waals surface area contributed by atoms with Crippen molar-refractivity contribution in [3.8, 4) is 5.75 Å². The lowest BCUT2D eigenvalue weighted by molar-refractivity contribution is -0.192. The number of halogens is 3. The Morgan fingerprint density at radius 2 is 1.77 bits per heavy atom. The number of rotatable bonds is 4. The second-order valence-electron chi connectivity index (χ2n) is 7.29. The van der Waals surface area contributed by atoms with Gasteiger partial charge in [-0.3, -0.25) is 14.6 Å². The average molecular weight is 431 g/mol. The van der Waals surface area contributed by atoms with Crippen LogP contribution >= 0.6 is 0 Å². The predicted octanol–water partition coefficient (Wildman–Crippen LogP) is 2.11. The minimum absolute atomic E-state index is 0.231. The molecule has 0 atom stereocenters. The van der Waals surface area contributed by atoms with Crippen LogP contribution in [0.15, 0.2) is 24.3 Å². The number of carboxylic acids is 1. The molecule has 168 valence electrons. The molecule has 1 amide bonds. The predicted molar refractivity (Wildman–Crippen MR) is 104 cm³/mol. The van der Waals surface area contributed by atoms with Crippen molar-refractivity contribution in [2.24, 2.45) is 0 Å². The first-order chi connectivity index (χ1) is 14.1. The third-order valence-electron chi connectivity index (χ3n) is 5.57. The van der Waals surface area contributed by atoms with Crippen molar-refractivity contribution in [2.45, 2.75) is 38.0 Å². The van der Waals surface area contributed by atoms with E-state index in [9.17, 15) is 18.0 Å². The SMILES string of the molecule is CCN1CCNC(=O)C12CCN(Cc1ccc(OC)cc1)CC2.O=C(O)C(F)(F)F. The van der Waals surface area contributed by atoms with Crippen LogP contribution < -0.4 is 10.1 Å². The molecular formula is C20H28F3N3O4.